The van der Waals surface area contributed by atoms with E-state index in [2.05, 4.69) is 224 Å². The minimum atomic E-state index is -0.489. The molecule has 0 aliphatic heterocycles. The smallest absolute Gasteiger partial charge is 0.160 e. The topological polar surface area (TPSA) is 25.8 Å². The Bertz CT molecular complexity index is 3400. The number of benzene rings is 9. The van der Waals surface area contributed by atoms with Gasteiger partial charge in [-0.1, -0.05) is 206 Å². The summed E-state index contributed by atoms with van der Waals surface area (Å²) >= 11 is 1.85. The summed E-state index contributed by atoms with van der Waals surface area (Å²) in [6.07, 6.45) is 0. The van der Waals surface area contributed by atoms with Gasteiger partial charge < -0.3 is 0 Å². The maximum Gasteiger partial charge on any atom is 0.160 e. The molecule has 11 aromatic rings. The molecule has 2 heterocycles. The lowest BCUT2D eigenvalue weighted by Gasteiger charge is -2.34. The first-order valence-corrected chi connectivity index (χ1v) is 22.0. The normalized spacial score (nSPS) is 12.6. The maximum atomic E-state index is 5.35. The van der Waals surface area contributed by atoms with E-state index in [1.165, 1.54) is 70.2 Å². The van der Waals surface area contributed by atoms with E-state index in [1.807, 2.05) is 17.4 Å². The zero-order valence-electron chi connectivity index (χ0n) is 33.7. The molecule has 290 valence electrons. The number of hydrogen-bond donors (Lipinski definition) is 0. The van der Waals surface area contributed by atoms with Gasteiger partial charge >= 0.3 is 0 Å². The van der Waals surface area contributed by atoms with Crippen LogP contribution in [0.1, 0.15) is 22.3 Å². The fraction of sp³-hybridized carbons (Fsp3) is 0.0169. The fourth-order valence-corrected chi connectivity index (χ4v) is 10.9. The van der Waals surface area contributed by atoms with Crippen LogP contribution >= 0.6 is 11.3 Å². The van der Waals surface area contributed by atoms with Gasteiger partial charge in [0.1, 0.15) is 0 Å². The van der Waals surface area contributed by atoms with E-state index in [0.29, 0.717) is 5.82 Å². The molecule has 0 saturated heterocycles. The van der Waals surface area contributed by atoms with Crippen molar-refractivity contribution in [3.63, 3.8) is 0 Å². The van der Waals surface area contributed by atoms with Gasteiger partial charge in [0.15, 0.2) is 5.82 Å². The Hall–Kier alpha value is -7.72. The molecule has 9 aromatic carbocycles. The average molecular weight is 807 g/mol. The van der Waals surface area contributed by atoms with Crippen molar-refractivity contribution in [2.45, 2.75) is 5.41 Å². The van der Waals surface area contributed by atoms with Crippen LogP contribution in [0, 0.1) is 0 Å². The summed E-state index contributed by atoms with van der Waals surface area (Å²) in [5, 5.41) is 2.61. The molecule has 1 aliphatic rings. The third-order valence-corrected chi connectivity index (χ3v) is 13.8. The second-order valence-corrected chi connectivity index (χ2v) is 17.1. The third-order valence-electron chi connectivity index (χ3n) is 12.6. The van der Waals surface area contributed by atoms with Crippen LogP contribution in [0.3, 0.4) is 0 Å². The SMILES string of the molecule is c1ccc(-c2nc(-c3ccc(-c4ccc5sc6ccccc6c5c4)cc3)cc(-c3ccccc3-c3cccc4c3-c3ccccc3C4(c3ccccc3)c3ccccc3)n2)cc1. The van der Waals surface area contributed by atoms with Crippen LogP contribution in [0.5, 0.6) is 0 Å². The highest BCUT2D eigenvalue weighted by atomic mass is 32.1. The summed E-state index contributed by atoms with van der Waals surface area (Å²) in [7, 11) is 0. The van der Waals surface area contributed by atoms with Crippen molar-refractivity contribution in [1.29, 1.82) is 0 Å². The van der Waals surface area contributed by atoms with Gasteiger partial charge in [0.25, 0.3) is 0 Å². The Balaban J connectivity index is 1.02. The van der Waals surface area contributed by atoms with Crippen LogP contribution in [0.25, 0.3) is 87.5 Å². The first-order valence-electron chi connectivity index (χ1n) is 21.1. The van der Waals surface area contributed by atoms with E-state index >= 15 is 0 Å². The highest BCUT2D eigenvalue weighted by Crippen LogP contribution is 2.58. The van der Waals surface area contributed by atoms with E-state index in [-0.39, 0.29) is 0 Å². The Morgan fingerprint density at radius 1 is 0.323 bits per heavy atom. The Morgan fingerprint density at radius 2 is 0.871 bits per heavy atom. The van der Waals surface area contributed by atoms with Crippen molar-refractivity contribution in [2.75, 3.05) is 0 Å². The van der Waals surface area contributed by atoms with Crippen molar-refractivity contribution < 1.29 is 0 Å². The molecular formula is C59H38N2S. The second kappa shape index (κ2) is 14.8. The predicted molar refractivity (Wildman–Crippen MR) is 259 cm³/mol. The highest BCUT2D eigenvalue weighted by molar-refractivity contribution is 7.25. The maximum absolute atomic E-state index is 5.35. The van der Waals surface area contributed by atoms with Crippen LogP contribution in [-0.2, 0) is 5.41 Å². The van der Waals surface area contributed by atoms with E-state index in [4.69, 9.17) is 9.97 Å². The number of thiophene rings is 1. The lowest BCUT2D eigenvalue weighted by molar-refractivity contribution is 0.768. The highest BCUT2D eigenvalue weighted by Gasteiger charge is 2.46. The van der Waals surface area contributed by atoms with Crippen LogP contribution in [-0.4, -0.2) is 9.97 Å². The van der Waals surface area contributed by atoms with Crippen molar-refractivity contribution in [2.24, 2.45) is 0 Å². The quantitative estimate of drug-likeness (QED) is 0.160. The molecule has 0 bridgehead atoms. The van der Waals surface area contributed by atoms with Gasteiger partial charge in [-0.3, -0.25) is 0 Å². The molecule has 0 unspecified atom stereocenters. The molecule has 3 heteroatoms. The summed E-state index contributed by atoms with van der Waals surface area (Å²) < 4.78 is 2.63. The van der Waals surface area contributed by atoms with Gasteiger partial charge in [-0.25, -0.2) is 9.97 Å². The third kappa shape index (κ3) is 5.78. The lowest BCUT2D eigenvalue weighted by atomic mass is 9.67. The standard InChI is InChI=1S/C59H38N2S/c1-4-17-41(18-5-1)58-60-53(40-33-31-39(32-34-40)42-35-36-56-50(37-42)47-25-13-15-30-55(47)62-56)38-54(61-58)46-24-11-10-23-45(46)48-27-16-29-52-57(48)49-26-12-14-28-51(49)59(52,43-19-6-2-7-20-43)44-21-8-3-9-22-44/h1-38H. The van der Waals surface area contributed by atoms with Crippen molar-refractivity contribution in [3.8, 4) is 67.3 Å². The zero-order chi connectivity index (χ0) is 41.0. The Kier molecular flexibility index (Phi) is 8.62. The summed E-state index contributed by atoms with van der Waals surface area (Å²) in [6.45, 7) is 0. The van der Waals surface area contributed by atoms with Gasteiger partial charge in [0, 0.05) is 36.9 Å². The largest absolute Gasteiger partial charge is 0.228 e. The van der Waals surface area contributed by atoms with Crippen LogP contribution in [0.4, 0.5) is 0 Å². The molecule has 0 radical (unpaired) electrons. The van der Waals surface area contributed by atoms with Crippen molar-refractivity contribution in [3.05, 3.63) is 253 Å². The minimum Gasteiger partial charge on any atom is -0.228 e. The number of aromatic nitrogens is 2. The Morgan fingerprint density at radius 3 is 1.63 bits per heavy atom. The average Bonchev–Trinajstić information content (AvgIpc) is 3.88. The minimum absolute atomic E-state index is 0.489. The van der Waals surface area contributed by atoms with E-state index < -0.39 is 5.41 Å². The summed E-state index contributed by atoms with van der Waals surface area (Å²) in [5.41, 5.74) is 16.6. The van der Waals surface area contributed by atoms with Crippen molar-refractivity contribution >= 4 is 31.5 Å². The van der Waals surface area contributed by atoms with Gasteiger partial charge in [-0.2, -0.15) is 0 Å². The monoisotopic (exact) mass is 806 g/mol. The summed E-state index contributed by atoms with van der Waals surface area (Å²) in [4.78, 5) is 10.6. The van der Waals surface area contributed by atoms with Crippen LogP contribution in [0.2, 0.25) is 0 Å². The molecule has 0 spiro atoms. The van der Waals surface area contributed by atoms with E-state index in [1.54, 1.807) is 0 Å². The van der Waals surface area contributed by atoms with Crippen molar-refractivity contribution in [1.82, 2.24) is 9.97 Å². The first-order chi connectivity index (χ1) is 30.7. The summed E-state index contributed by atoms with van der Waals surface area (Å²) in [6, 6.07) is 83.4. The number of hydrogen-bond acceptors (Lipinski definition) is 3. The molecule has 0 fully saturated rings. The fourth-order valence-electron chi connectivity index (χ4n) is 9.85. The zero-order valence-corrected chi connectivity index (χ0v) is 34.6. The van der Waals surface area contributed by atoms with Gasteiger partial charge in [-0.15, -0.1) is 11.3 Å². The number of rotatable bonds is 7. The molecule has 0 atom stereocenters. The predicted octanol–water partition coefficient (Wildman–Crippen LogP) is 15.5. The van der Waals surface area contributed by atoms with E-state index in [0.717, 1.165) is 33.6 Å². The van der Waals surface area contributed by atoms with Gasteiger partial charge in [-0.05, 0) is 79.9 Å². The molecule has 2 nitrogen and oxygen atoms in total. The van der Waals surface area contributed by atoms with Gasteiger partial charge in [0.2, 0.25) is 0 Å². The second-order valence-electron chi connectivity index (χ2n) is 16.0. The molecule has 12 rings (SSSR count). The molecular weight excluding hydrogens is 769 g/mol. The molecule has 0 amide bonds. The number of fused-ring (bicyclic) bond motifs is 6. The lowest BCUT2D eigenvalue weighted by Crippen LogP contribution is -2.28. The Labute approximate surface area is 365 Å². The van der Waals surface area contributed by atoms with E-state index in [9.17, 15) is 0 Å². The molecule has 0 N–H and O–H groups in total. The first kappa shape index (κ1) is 36.2. The van der Waals surface area contributed by atoms with Crippen LogP contribution in [0.15, 0.2) is 231 Å². The molecule has 0 saturated carbocycles. The number of nitrogens with zero attached hydrogens (tertiary/aromatic N) is 2. The molecule has 62 heavy (non-hydrogen) atoms. The van der Waals surface area contributed by atoms with Crippen LogP contribution < -0.4 is 0 Å². The molecule has 2 aromatic heterocycles. The summed E-state index contributed by atoms with van der Waals surface area (Å²) in [5.74, 6) is 0.697. The molecule has 1 aliphatic carbocycles. The van der Waals surface area contributed by atoms with Gasteiger partial charge in [0.05, 0.1) is 16.8 Å².